The number of hydrogen-bond donors (Lipinski definition) is 6. The predicted molar refractivity (Wildman–Crippen MR) is 290 cm³/mol. The summed E-state index contributed by atoms with van der Waals surface area (Å²) in [6.07, 6.45) is 64.6. The topological polar surface area (TPSA) is 149 Å². The molecule has 0 bridgehead atoms. The van der Waals surface area contributed by atoms with E-state index >= 15 is 0 Å². The molecule has 1 fully saturated rings. The monoisotopic (exact) mass is 964 g/mol. The fourth-order valence-electron chi connectivity index (χ4n) is 7.96. The van der Waals surface area contributed by atoms with Crippen LogP contribution in [0, 0.1) is 0 Å². The van der Waals surface area contributed by atoms with E-state index in [1.165, 1.54) is 89.9 Å². The second-order valence-electron chi connectivity index (χ2n) is 18.6. The van der Waals surface area contributed by atoms with Crippen molar-refractivity contribution in [3.05, 3.63) is 109 Å². The van der Waals surface area contributed by atoms with Crippen LogP contribution in [0.3, 0.4) is 0 Å². The van der Waals surface area contributed by atoms with E-state index in [0.717, 1.165) is 96.3 Å². The van der Waals surface area contributed by atoms with Gasteiger partial charge in [-0.15, -0.1) is 0 Å². The van der Waals surface area contributed by atoms with Crippen molar-refractivity contribution in [3.8, 4) is 0 Å². The van der Waals surface area contributed by atoms with Gasteiger partial charge in [-0.1, -0.05) is 220 Å². The second kappa shape index (κ2) is 48.5. The minimum Gasteiger partial charge on any atom is -0.394 e. The number of carbonyl (C=O) groups is 1. The SMILES string of the molecule is CC/C=C\C/C=C\C/C=C\C/C=C\C/C=C\C/C=C\CCCCCCCCCCCCCCCCCCC(=O)NC(COC1OC(CO)C(O)C(O)C1O)C(O)/C=C/CC/C=C/CC/C=C/CCC. The molecule has 0 aliphatic carbocycles. The summed E-state index contributed by atoms with van der Waals surface area (Å²) in [4.78, 5) is 13.0. The molecule has 7 atom stereocenters. The van der Waals surface area contributed by atoms with Gasteiger partial charge in [-0.05, 0) is 89.9 Å². The summed E-state index contributed by atoms with van der Waals surface area (Å²) in [5.41, 5.74) is 0. The maximum Gasteiger partial charge on any atom is 0.220 e. The minimum absolute atomic E-state index is 0.197. The van der Waals surface area contributed by atoms with Gasteiger partial charge in [0.1, 0.15) is 24.4 Å². The number of ether oxygens (including phenoxy) is 2. The van der Waals surface area contributed by atoms with Gasteiger partial charge in [-0.25, -0.2) is 0 Å². The Morgan fingerprint density at radius 1 is 0.507 bits per heavy atom. The standard InChI is InChI=1S/C60H101NO8/c1-3-5-7-9-11-13-15-16-17-18-19-20-21-22-23-24-25-26-27-28-29-30-31-32-33-34-35-36-37-38-40-42-44-46-48-50-56(64)61-53(52-68-60-59(67)58(66)57(65)55(51-62)69-60)54(63)49-47-45-43-41-39-14-12-10-8-6-4-2/h5,7-8,10-11,13,16-17,19-20,22-23,25-26,39,41,47,49,53-55,57-60,62-63,65-67H,3-4,6,9,12,14-15,18,21,24,27-38,40,42-46,48,50-52H2,1-2H3,(H,61,64)/b7-5-,10-8+,13-11-,17-16-,20-19-,23-22-,26-25-,41-39+,49-47+. The molecule has 1 rings (SSSR count). The Morgan fingerprint density at radius 2 is 0.913 bits per heavy atom. The summed E-state index contributed by atoms with van der Waals surface area (Å²) in [6.45, 7) is 3.55. The Labute approximate surface area is 421 Å². The average Bonchev–Trinajstić information content (AvgIpc) is 3.35. The summed E-state index contributed by atoms with van der Waals surface area (Å²) in [6, 6.07) is -0.832. The number of allylic oxidation sites excluding steroid dienone is 17. The van der Waals surface area contributed by atoms with E-state index < -0.39 is 49.5 Å². The number of rotatable bonds is 45. The molecule has 1 heterocycles. The van der Waals surface area contributed by atoms with Crippen molar-refractivity contribution in [1.82, 2.24) is 5.32 Å². The van der Waals surface area contributed by atoms with Crippen molar-refractivity contribution >= 4 is 5.91 Å². The van der Waals surface area contributed by atoms with Crippen LogP contribution in [0.1, 0.15) is 206 Å². The molecule has 0 saturated carbocycles. The van der Waals surface area contributed by atoms with Crippen LogP contribution in [0.25, 0.3) is 0 Å². The maximum absolute atomic E-state index is 13.0. The Kier molecular flexibility index (Phi) is 44.9. The fourth-order valence-corrected chi connectivity index (χ4v) is 7.96. The lowest BCUT2D eigenvalue weighted by atomic mass is 9.99. The van der Waals surface area contributed by atoms with Gasteiger partial charge in [-0.2, -0.15) is 0 Å². The van der Waals surface area contributed by atoms with Crippen LogP contribution < -0.4 is 5.32 Å². The third kappa shape index (κ3) is 38.2. The molecule has 69 heavy (non-hydrogen) atoms. The number of amides is 1. The number of hydrogen-bond acceptors (Lipinski definition) is 8. The van der Waals surface area contributed by atoms with E-state index in [1.807, 2.05) is 6.08 Å². The highest BCUT2D eigenvalue weighted by molar-refractivity contribution is 5.76. The number of aliphatic hydroxyl groups excluding tert-OH is 5. The zero-order chi connectivity index (χ0) is 50.1. The Morgan fingerprint density at radius 3 is 1.38 bits per heavy atom. The van der Waals surface area contributed by atoms with Crippen LogP contribution in [0.2, 0.25) is 0 Å². The van der Waals surface area contributed by atoms with E-state index in [2.05, 4.69) is 116 Å². The largest absolute Gasteiger partial charge is 0.394 e. The summed E-state index contributed by atoms with van der Waals surface area (Å²) >= 11 is 0. The molecule has 1 aliphatic rings. The van der Waals surface area contributed by atoms with Gasteiger partial charge >= 0.3 is 0 Å². The Balaban J connectivity index is 2.12. The van der Waals surface area contributed by atoms with Gasteiger partial charge in [0.15, 0.2) is 6.29 Å². The number of carbonyl (C=O) groups excluding carboxylic acids is 1. The molecule has 1 aliphatic heterocycles. The molecular weight excluding hydrogens is 863 g/mol. The summed E-state index contributed by atoms with van der Waals surface area (Å²) in [5.74, 6) is -0.197. The van der Waals surface area contributed by atoms with Gasteiger partial charge in [0, 0.05) is 6.42 Å². The van der Waals surface area contributed by atoms with Crippen molar-refractivity contribution in [1.29, 1.82) is 0 Å². The number of aliphatic hydroxyl groups is 5. The van der Waals surface area contributed by atoms with Crippen LogP contribution in [-0.4, -0.2) is 87.5 Å². The molecule has 0 aromatic heterocycles. The first kappa shape index (κ1) is 63.9. The quantitative estimate of drug-likeness (QED) is 0.0261. The third-order valence-electron chi connectivity index (χ3n) is 12.3. The molecule has 0 aromatic carbocycles. The average molecular weight is 964 g/mol. The van der Waals surface area contributed by atoms with Gasteiger partial charge in [0.25, 0.3) is 0 Å². The molecule has 1 saturated heterocycles. The molecule has 0 aromatic rings. The molecule has 6 N–H and O–H groups in total. The molecule has 394 valence electrons. The fraction of sp³-hybridized carbons (Fsp3) is 0.683. The first-order valence-electron chi connectivity index (χ1n) is 27.6. The lowest BCUT2D eigenvalue weighted by Crippen LogP contribution is -2.60. The number of unbranched alkanes of at least 4 members (excludes halogenated alkanes) is 19. The lowest BCUT2D eigenvalue weighted by molar-refractivity contribution is -0.302. The van der Waals surface area contributed by atoms with Gasteiger partial charge in [0.2, 0.25) is 5.91 Å². The first-order valence-corrected chi connectivity index (χ1v) is 27.6. The molecular formula is C60H101NO8. The van der Waals surface area contributed by atoms with Crippen LogP contribution in [0.5, 0.6) is 0 Å². The molecule has 1 amide bonds. The zero-order valence-corrected chi connectivity index (χ0v) is 43.5. The van der Waals surface area contributed by atoms with Gasteiger partial charge in [0.05, 0.1) is 25.4 Å². The van der Waals surface area contributed by atoms with Crippen LogP contribution >= 0.6 is 0 Å². The maximum atomic E-state index is 13.0. The van der Waals surface area contributed by atoms with E-state index in [1.54, 1.807) is 6.08 Å². The van der Waals surface area contributed by atoms with Gasteiger partial charge < -0.3 is 40.3 Å². The van der Waals surface area contributed by atoms with E-state index in [9.17, 15) is 30.3 Å². The zero-order valence-electron chi connectivity index (χ0n) is 43.5. The van der Waals surface area contributed by atoms with Crippen molar-refractivity contribution in [2.24, 2.45) is 0 Å². The molecule has 0 radical (unpaired) electrons. The Hall–Kier alpha value is -3.15. The number of nitrogens with one attached hydrogen (secondary N) is 1. The Bertz CT molecular complexity index is 1440. The highest BCUT2D eigenvalue weighted by atomic mass is 16.7. The van der Waals surface area contributed by atoms with Gasteiger partial charge in [-0.3, -0.25) is 4.79 Å². The molecule has 9 heteroatoms. The van der Waals surface area contributed by atoms with Crippen molar-refractivity contribution < 1.29 is 39.8 Å². The van der Waals surface area contributed by atoms with Crippen LogP contribution in [-0.2, 0) is 14.3 Å². The molecule has 9 nitrogen and oxygen atoms in total. The lowest BCUT2D eigenvalue weighted by Gasteiger charge is -2.40. The summed E-state index contributed by atoms with van der Waals surface area (Å²) in [5, 5.41) is 54.2. The summed E-state index contributed by atoms with van der Waals surface area (Å²) < 4.78 is 11.2. The smallest absolute Gasteiger partial charge is 0.220 e. The third-order valence-corrected chi connectivity index (χ3v) is 12.3. The van der Waals surface area contributed by atoms with E-state index in [-0.39, 0.29) is 12.5 Å². The minimum atomic E-state index is -1.58. The van der Waals surface area contributed by atoms with Crippen LogP contribution in [0.15, 0.2) is 109 Å². The second-order valence-corrected chi connectivity index (χ2v) is 18.6. The first-order chi connectivity index (χ1) is 33.8. The van der Waals surface area contributed by atoms with E-state index in [0.29, 0.717) is 6.42 Å². The van der Waals surface area contributed by atoms with Crippen molar-refractivity contribution in [2.75, 3.05) is 13.2 Å². The highest BCUT2D eigenvalue weighted by Crippen LogP contribution is 2.23. The molecule has 7 unspecified atom stereocenters. The summed E-state index contributed by atoms with van der Waals surface area (Å²) in [7, 11) is 0. The van der Waals surface area contributed by atoms with Crippen LogP contribution in [0.4, 0.5) is 0 Å². The normalized spacial score (nSPS) is 20.4. The van der Waals surface area contributed by atoms with Crippen molar-refractivity contribution in [3.63, 3.8) is 0 Å². The van der Waals surface area contributed by atoms with E-state index in [4.69, 9.17) is 9.47 Å². The van der Waals surface area contributed by atoms with Crippen molar-refractivity contribution in [2.45, 2.75) is 249 Å². The molecule has 0 spiro atoms. The predicted octanol–water partition coefficient (Wildman–Crippen LogP) is 13.4. The highest BCUT2D eigenvalue weighted by Gasteiger charge is 2.44.